The number of methoxy groups -OCH3 is 1. The Morgan fingerprint density at radius 2 is 1.96 bits per heavy atom. The number of rotatable bonds is 5. The predicted molar refractivity (Wildman–Crippen MR) is 107 cm³/mol. The number of nitrogens with one attached hydrogen (secondary N) is 1. The fraction of sp³-hybridized carbons (Fsp3) is 0.0476. The van der Waals surface area contributed by atoms with Crippen LogP contribution in [-0.2, 0) is 4.79 Å². The molecule has 0 radical (unpaired) electrons. The summed E-state index contributed by atoms with van der Waals surface area (Å²) < 4.78 is 5.23. The molecular weight excluding hydrogens is 354 g/mol. The zero-order chi connectivity index (χ0) is 19.5. The number of H-pyrrole nitrogens is 1. The number of nitrogens with two attached hydrogens (primary N) is 1. The van der Waals surface area contributed by atoms with Crippen LogP contribution in [0.2, 0.25) is 0 Å². The minimum absolute atomic E-state index is 0.502. The summed E-state index contributed by atoms with van der Waals surface area (Å²) in [5, 5.41) is 0.976. The lowest BCUT2D eigenvalue weighted by atomic mass is 10.0. The molecule has 0 fully saturated rings. The summed E-state index contributed by atoms with van der Waals surface area (Å²) in [5.41, 5.74) is 10.5. The van der Waals surface area contributed by atoms with E-state index in [9.17, 15) is 4.79 Å². The Morgan fingerprint density at radius 3 is 2.79 bits per heavy atom. The van der Waals surface area contributed by atoms with Gasteiger partial charge in [0, 0.05) is 65.2 Å². The highest BCUT2D eigenvalue weighted by Crippen LogP contribution is 2.32. The molecule has 1 amide bonds. The van der Waals surface area contributed by atoms with E-state index in [1.165, 1.54) is 6.08 Å². The van der Waals surface area contributed by atoms with Crippen molar-refractivity contribution in [2.24, 2.45) is 5.73 Å². The van der Waals surface area contributed by atoms with E-state index in [1.54, 1.807) is 38.0 Å². The standard InChI is InChI=1S/C21H17N5O2/c1-28-20-8-14(4-5-24-20)18-12-26-21-17(18)7-16(11-25-21)15-6-13(9-23-10-15)2-3-19(22)27/h2-12H,1H3,(H2,22,27)(H,25,26)/b3-2+. The van der Waals surface area contributed by atoms with Crippen LogP contribution in [0.1, 0.15) is 5.56 Å². The first-order chi connectivity index (χ1) is 13.6. The number of carbonyl (C=O) groups is 1. The van der Waals surface area contributed by atoms with Gasteiger partial charge >= 0.3 is 0 Å². The quantitative estimate of drug-likeness (QED) is 0.524. The van der Waals surface area contributed by atoms with Crippen molar-refractivity contribution in [3.05, 3.63) is 66.9 Å². The molecule has 0 aromatic carbocycles. The van der Waals surface area contributed by atoms with Gasteiger partial charge in [0.2, 0.25) is 11.8 Å². The average molecular weight is 371 g/mol. The van der Waals surface area contributed by atoms with E-state index in [-0.39, 0.29) is 0 Å². The minimum Gasteiger partial charge on any atom is -0.481 e. The Hall–Kier alpha value is -4.00. The number of ether oxygens (including phenoxy) is 1. The number of amides is 1. The molecule has 7 heteroatoms. The third-order valence-corrected chi connectivity index (χ3v) is 4.32. The normalized spacial score (nSPS) is 11.2. The van der Waals surface area contributed by atoms with Crippen molar-refractivity contribution in [2.45, 2.75) is 0 Å². The van der Waals surface area contributed by atoms with E-state index >= 15 is 0 Å². The first-order valence-electron chi connectivity index (χ1n) is 8.54. The van der Waals surface area contributed by atoms with Crippen LogP contribution in [0.15, 0.2) is 61.3 Å². The molecule has 4 aromatic rings. The molecule has 0 atom stereocenters. The van der Waals surface area contributed by atoms with Crippen LogP contribution in [0.25, 0.3) is 39.4 Å². The van der Waals surface area contributed by atoms with Gasteiger partial charge in [-0.15, -0.1) is 0 Å². The maximum Gasteiger partial charge on any atom is 0.241 e. The molecule has 0 saturated carbocycles. The molecule has 0 saturated heterocycles. The van der Waals surface area contributed by atoms with Gasteiger partial charge < -0.3 is 15.5 Å². The summed E-state index contributed by atoms with van der Waals surface area (Å²) in [4.78, 5) is 27.1. The summed E-state index contributed by atoms with van der Waals surface area (Å²) in [7, 11) is 1.59. The fourth-order valence-corrected chi connectivity index (χ4v) is 2.97. The summed E-state index contributed by atoms with van der Waals surface area (Å²) in [5.74, 6) is 0.0485. The minimum atomic E-state index is -0.502. The predicted octanol–water partition coefficient (Wildman–Crippen LogP) is 3.19. The van der Waals surface area contributed by atoms with Gasteiger partial charge in [-0.05, 0) is 35.4 Å². The highest BCUT2D eigenvalue weighted by Gasteiger charge is 2.10. The lowest BCUT2D eigenvalue weighted by molar-refractivity contribution is -0.113. The highest BCUT2D eigenvalue weighted by atomic mass is 16.5. The van der Waals surface area contributed by atoms with Crippen molar-refractivity contribution in [3.63, 3.8) is 0 Å². The molecule has 138 valence electrons. The Bertz CT molecular complexity index is 1200. The molecule has 4 aromatic heterocycles. The number of primary amides is 1. The first kappa shape index (κ1) is 17.4. The molecule has 0 bridgehead atoms. The van der Waals surface area contributed by atoms with Crippen LogP contribution in [0, 0.1) is 0 Å². The average Bonchev–Trinajstić information content (AvgIpc) is 3.16. The van der Waals surface area contributed by atoms with Crippen molar-refractivity contribution in [2.75, 3.05) is 7.11 Å². The number of aromatic amines is 1. The second-order valence-corrected chi connectivity index (χ2v) is 6.15. The molecule has 4 heterocycles. The number of pyridine rings is 3. The molecule has 4 rings (SSSR count). The number of fused-ring (bicyclic) bond motifs is 1. The van der Waals surface area contributed by atoms with E-state index in [1.807, 2.05) is 24.4 Å². The lowest BCUT2D eigenvalue weighted by Gasteiger charge is -2.05. The fourth-order valence-electron chi connectivity index (χ4n) is 2.97. The van der Waals surface area contributed by atoms with Gasteiger partial charge in [-0.3, -0.25) is 9.78 Å². The number of aromatic nitrogens is 4. The summed E-state index contributed by atoms with van der Waals surface area (Å²) >= 11 is 0. The van der Waals surface area contributed by atoms with Gasteiger partial charge in [-0.25, -0.2) is 9.97 Å². The zero-order valence-electron chi connectivity index (χ0n) is 15.1. The second-order valence-electron chi connectivity index (χ2n) is 6.15. The summed E-state index contributed by atoms with van der Waals surface area (Å²) in [6.45, 7) is 0. The monoisotopic (exact) mass is 371 g/mol. The number of hydrogen-bond donors (Lipinski definition) is 2. The van der Waals surface area contributed by atoms with Crippen LogP contribution < -0.4 is 10.5 Å². The number of hydrogen-bond acceptors (Lipinski definition) is 5. The van der Waals surface area contributed by atoms with Gasteiger partial charge in [0.15, 0.2) is 0 Å². The van der Waals surface area contributed by atoms with Crippen LogP contribution in [-0.4, -0.2) is 33.0 Å². The largest absolute Gasteiger partial charge is 0.481 e. The lowest BCUT2D eigenvalue weighted by Crippen LogP contribution is -2.05. The third-order valence-electron chi connectivity index (χ3n) is 4.32. The van der Waals surface area contributed by atoms with E-state index in [0.717, 1.165) is 38.9 Å². The molecule has 3 N–H and O–H groups in total. The topological polar surface area (TPSA) is 107 Å². The number of nitrogens with zero attached hydrogens (tertiary/aromatic N) is 3. The van der Waals surface area contributed by atoms with Crippen molar-refractivity contribution in [1.82, 2.24) is 19.9 Å². The SMILES string of the molecule is COc1cc(-c2c[nH]c3ncc(-c4cncc(/C=C/C(N)=O)c4)cc23)ccn1. The van der Waals surface area contributed by atoms with Gasteiger partial charge in [-0.1, -0.05) is 0 Å². The molecule has 7 nitrogen and oxygen atoms in total. The van der Waals surface area contributed by atoms with Crippen molar-refractivity contribution in [1.29, 1.82) is 0 Å². The highest BCUT2D eigenvalue weighted by molar-refractivity contribution is 5.96. The second kappa shape index (κ2) is 7.32. The van der Waals surface area contributed by atoms with Gasteiger partial charge in [0.25, 0.3) is 0 Å². The zero-order valence-corrected chi connectivity index (χ0v) is 15.1. The van der Waals surface area contributed by atoms with Crippen LogP contribution in [0.5, 0.6) is 5.88 Å². The molecule has 0 unspecified atom stereocenters. The Balaban J connectivity index is 1.78. The van der Waals surface area contributed by atoms with Crippen molar-refractivity contribution >= 4 is 23.0 Å². The molecule has 0 aliphatic heterocycles. The maximum atomic E-state index is 11.0. The summed E-state index contributed by atoms with van der Waals surface area (Å²) in [6, 6.07) is 7.79. The van der Waals surface area contributed by atoms with Crippen molar-refractivity contribution < 1.29 is 9.53 Å². The Labute approximate surface area is 160 Å². The third kappa shape index (κ3) is 3.45. The smallest absolute Gasteiger partial charge is 0.241 e. The molecule has 0 spiro atoms. The Kier molecular flexibility index (Phi) is 4.55. The molecule has 28 heavy (non-hydrogen) atoms. The van der Waals surface area contributed by atoms with Crippen molar-refractivity contribution in [3.8, 4) is 28.1 Å². The van der Waals surface area contributed by atoms with E-state index in [4.69, 9.17) is 10.5 Å². The molecule has 0 aliphatic rings. The van der Waals surface area contributed by atoms with E-state index in [2.05, 4.69) is 26.0 Å². The Morgan fingerprint density at radius 1 is 1.11 bits per heavy atom. The molecular formula is C21H17N5O2. The molecule has 0 aliphatic carbocycles. The summed E-state index contributed by atoms with van der Waals surface area (Å²) in [6.07, 6.45) is 11.8. The first-order valence-corrected chi connectivity index (χ1v) is 8.54. The van der Waals surface area contributed by atoms with Gasteiger partial charge in [0.05, 0.1) is 7.11 Å². The van der Waals surface area contributed by atoms with Crippen LogP contribution in [0.4, 0.5) is 0 Å². The van der Waals surface area contributed by atoms with Gasteiger partial charge in [-0.2, -0.15) is 0 Å². The maximum absolute atomic E-state index is 11.0. The van der Waals surface area contributed by atoms with Crippen LogP contribution >= 0.6 is 0 Å². The number of carbonyl (C=O) groups excluding carboxylic acids is 1. The van der Waals surface area contributed by atoms with E-state index in [0.29, 0.717) is 5.88 Å². The van der Waals surface area contributed by atoms with E-state index < -0.39 is 5.91 Å². The van der Waals surface area contributed by atoms with Gasteiger partial charge in [0.1, 0.15) is 5.65 Å². The van der Waals surface area contributed by atoms with Crippen LogP contribution in [0.3, 0.4) is 0 Å².